The Morgan fingerprint density at radius 3 is 2.19 bits per heavy atom. The van der Waals surface area contributed by atoms with Gasteiger partial charge in [0, 0.05) is 10.8 Å². The molecule has 0 fully saturated rings. The van der Waals surface area contributed by atoms with Crippen LogP contribution in [-0.4, -0.2) is 4.57 Å². The Hall–Kier alpha value is -4.62. The molecular formula is C41H35N. The molecule has 1 nitrogen and oxygen atoms in total. The van der Waals surface area contributed by atoms with E-state index >= 15 is 0 Å². The zero-order valence-electron chi connectivity index (χ0n) is 24.8. The zero-order valence-corrected chi connectivity index (χ0v) is 24.8. The van der Waals surface area contributed by atoms with E-state index in [1.165, 1.54) is 77.2 Å². The number of rotatable bonds is 4. The Morgan fingerprint density at radius 2 is 1.38 bits per heavy atom. The van der Waals surface area contributed by atoms with E-state index in [4.69, 9.17) is 0 Å². The highest BCUT2D eigenvalue weighted by atomic mass is 15.0. The first kappa shape index (κ1) is 25.1. The number of nitrogens with zero attached hydrogens (tertiary/aromatic N) is 1. The molecule has 2 atom stereocenters. The van der Waals surface area contributed by atoms with Crippen molar-refractivity contribution in [3.8, 4) is 5.69 Å². The molecular weight excluding hydrogens is 506 g/mol. The van der Waals surface area contributed by atoms with Gasteiger partial charge in [-0.2, -0.15) is 0 Å². The van der Waals surface area contributed by atoms with Crippen LogP contribution in [0, 0.1) is 13.8 Å². The molecule has 2 heterocycles. The smallest absolute Gasteiger partial charge is 0.0742 e. The minimum Gasteiger partial charge on any atom is -0.309 e. The predicted octanol–water partition coefficient (Wildman–Crippen LogP) is 10.8. The molecule has 0 saturated carbocycles. The van der Waals surface area contributed by atoms with E-state index in [0.29, 0.717) is 5.92 Å². The maximum absolute atomic E-state index is 2.55. The van der Waals surface area contributed by atoms with Crippen molar-refractivity contribution >= 4 is 32.6 Å². The van der Waals surface area contributed by atoms with E-state index in [0.717, 1.165) is 6.42 Å². The molecule has 8 rings (SSSR count). The number of hydrogen-bond donors (Lipinski definition) is 0. The largest absolute Gasteiger partial charge is 0.309 e. The van der Waals surface area contributed by atoms with Gasteiger partial charge in [-0.05, 0) is 95.1 Å². The van der Waals surface area contributed by atoms with E-state index in [1.54, 1.807) is 0 Å². The fourth-order valence-corrected chi connectivity index (χ4v) is 7.58. The molecule has 2 unspecified atom stereocenters. The molecule has 1 heteroatoms. The van der Waals surface area contributed by atoms with Gasteiger partial charge in [-0.1, -0.05) is 116 Å². The maximum Gasteiger partial charge on any atom is 0.0742 e. The van der Waals surface area contributed by atoms with Crippen LogP contribution in [-0.2, 0) is 5.41 Å². The first-order valence-electron chi connectivity index (χ1n) is 15.3. The van der Waals surface area contributed by atoms with E-state index in [2.05, 4.69) is 154 Å². The van der Waals surface area contributed by atoms with Gasteiger partial charge in [0.05, 0.1) is 22.1 Å². The molecule has 0 saturated heterocycles. The average molecular weight is 542 g/mol. The molecule has 0 amide bonds. The topological polar surface area (TPSA) is 4.93 Å². The standard InChI is InChI=1S/C41H35N/c1-5-28(4)30-17-20-39-36(25-30)41(32-13-7-6-8-14-32,33-18-16-29-11-9-10-12-31(29)24-33)37-23-27(3)22-35-34-21-26(2)15-19-38(34)42(39)40(35)37/h6-25,28H,5H2,1-4H3. The van der Waals surface area contributed by atoms with Crippen molar-refractivity contribution in [1.82, 2.24) is 4.57 Å². The minimum absolute atomic E-state index is 0.475. The lowest BCUT2D eigenvalue weighted by molar-refractivity contribution is 0.705. The summed E-state index contributed by atoms with van der Waals surface area (Å²) in [6, 6.07) is 46.2. The highest BCUT2D eigenvalue weighted by Crippen LogP contribution is 2.55. The molecule has 204 valence electrons. The summed E-state index contributed by atoms with van der Waals surface area (Å²) in [5.74, 6) is 0.475. The SMILES string of the molecule is CCC(C)c1ccc2c(c1)C(c1ccccc1)(c1ccc3ccccc3c1)c1cc(C)cc3c4cc(C)ccc4n-2c13. The van der Waals surface area contributed by atoms with Crippen molar-refractivity contribution in [2.24, 2.45) is 0 Å². The third kappa shape index (κ3) is 3.37. The van der Waals surface area contributed by atoms with Crippen LogP contribution in [0.1, 0.15) is 65.1 Å². The van der Waals surface area contributed by atoms with Gasteiger partial charge in [0.2, 0.25) is 0 Å². The van der Waals surface area contributed by atoms with Crippen molar-refractivity contribution < 1.29 is 0 Å². The highest BCUT2D eigenvalue weighted by molar-refractivity contribution is 6.12. The minimum atomic E-state index is -0.478. The fourth-order valence-electron chi connectivity index (χ4n) is 7.58. The Balaban J connectivity index is 1.64. The van der Waals surface area contributed by atoms with Crippen LogP contribution in [0.5, 0.6) is 0 Å². The first-order valence-corrected chi connectivity index (χ1v) is 15.3. The van der Waals surface area contributed by atoms with Crippen molar-refractivity contribution in [3.05, 3.63) is 160 Å². The van der Waals surface area contributed by atoms with Crippen LogP contribution in [0.25, 0.3) is 38.3 Å². The van der Waals surface area contributed by atoms with Gasteiger partial charge in [0.1, 0.15) is 0 Å². The third-order valence-corrected chi connectivity index (χ3v) is 9.80. The molecule has 1 aliphatic rings. The van der Waals surface area contributed by atoms with Crippen LogP contribution in [0.15, 0.2) is 121 Å². The zero-order chi connectivity index (χ0) is 28.6. The monoisotopic (exact) mass is 541 g/mol. The van der Waals surface area contributed by atoms with Crippen LogP contribution in [0.3, 0.4) is 0 Å². The molecule has 6 aromatic carbocycles. The number of aromatic nitrogens is 1. The third-order valence-electron chi connectivity index (χ3n) is 9.80. The predicted molar refractivity (Wildman–Crippen MR) is 178 cm³/mol. The Morgan fingerprint density at radius 1 is 0.619 bits per heavy atom. The average Bonchev–Trinajstić information content (AvgIpc) is 3.34. The summed E-state index contributed by atoms with van der Waals surface area (Å²) in [5, 5.41) is 5.21. The Bertz CT molecular complexity index is 2160. The summed E-state index contributed by atoms with van der Waals surface area (Å²) in [4.78, 5) is 0. The van der Waals surface area contributed by atoms with Gasteiger partial charge in [0.25, 0.3) is 0 Å². The summed E-state index contributed by atoms with van der Waals surface area (Å²) in [5.41, 5.74) is 12.7. The van der Waals surface area contributed by atoms with E-state index in [1.807, 2.05) is 0 Å². The summed E-state index contributed by atoms with van der Waals surface area (Å²) < 4.78 is 2.55. The van der Waals surface area contributed by atoms with Crippen molar-refractivity contribution in [1.29, 1.82) is 0 Å². The van der Waals surface area contributed by atoms with E-state index in [9.17, 15) is 0 Å². The lowest BCUT2D eigenvalue weighted by Gasteiger charge is -2.42. The number of fused-ring (bicyclic) bond motifs is 6. The molecule has 1 aromatic heterocycles. The van der Waals surface area contributed by atoms with Crippen LogP contribution < -0.4 is 0 Å². The second-order valence-electron chi connectivity index (χ2n) is 12.3. The number of benzene rings is 6. The first-order chi connectivity index (χ1) is 20.5. The van der Waals surface area contributed by atoms with Gasteiger partial charge in [-0.3, -0.25) is 0 Å². The molecule has 0 N–H and O–H groups in total. The van der Waals surface area contributed by atoms with Crippen molar-refractivity contribution in [3.63, 3.8) is 0 Å². The van der Waals surface area contributed by atoms with Gasteiger partial charge in [0.15, 0.2) is 0 Å². The van der Waals surface area contributed by atoms with Crippen LogP contribution >= 0.6 is 0 Å². The maximum atomic E-state index is 2.55. The molecule has 1 aliphatic heterocycles. The molecule has 0 aliphatic carbocycles. The molecule has 42 heavy (non-hydrogen) atoms. The Labute approximate surface area is 248 Å². The fraction of sp³-hybridized carbons (Fsp3) is 0.171. The van der Waals surface area contributed by atoms with Crippen molar-refractivity contribution in [2.45, 2.75) is 45.4 Å². The second kappa shape index (κ2) is 9.19. The van der Waals surface area contributed by atoms with Gasteiger partial charge < -0.3 is 4.57 Å². The quantitative estimate of drug-likeness (QED) is 0.209. The normalized spacial score (nSPS) is 16.7. The number of hydrogen-bond acceptors (Lipinski definition) is 0. The van der Waals surface area contributed by atoms with Gasteiger partial charge in [-0.25, -0.2) is 0 Å². The molecule has 0 bridgehead atoms. The second-order valence-corrected chi connectivity index (χ2v) is 12.3. The van der Waals surface area contributed by atoms with Gasteiger partial charge >= 0.3 is 0 Å². The summed E-state index contributed by atoms with van der Waals surface area (Å²) in [6.45, 7) is 9.11. The summed E-state index contributed by atoms with van der Waals surface area (Å²) in [6.07, 6.45) is 1.11. The van der Waals surface area contributed by atoms with Crippen LogP contribution in [0.2, 0.25) is 0 Å². The Kier molecular flexibility index (Phi) is 5.50. The van der Waals surface area contributed by atoms with E-state index in [-0.39, 0.29) is 0 Å². The van der Waals surface area contributed by atoms with Crippen molar-refractivity contribution in [2.75, 3.05) is 0 Å². The van der Waals surface area contributed by atoms with Gasteiger partial charge in [-0.15, -0.1) is 0 Å². The number of aryl methyl sites for hydroxylation is 2. The lowest BCUT2D eigenvalue weighted by atomic mass is 9.62. The molecule has 0 spiro atoms. The summed E-state index contributed by atoms with van der Waals surface area (Å²) in [7, 11) is 0. The summed E-state index contributed by atoms with van der Waals surface area (Å²) >= 11 is 0. The molecule has 7 aromatic rings. The lowest BCUT2D eigenvalue weighted by Crippen LogP contribution is -2.35. The van der Waals surface area contributed by atoms with Crippen LogP contribution in [0.4, 0.5) is 0 Å². The highest BCUT2D eigenvalue weighted by Gasteiger charge is 2.45. The van der Waals surface area contributed by atoms with E-state index < -0.39 is 5.41 Å². The molecule has 0 radical (unpaired) electrons.